The largest absolute Gasteiger partial charge is 0.480 e. The van der Waals surface area contributed by atoms with Crippen molar-refractivity contribution in [1.29, 1.82) is 0 Å². The molecule has 9 nitrogen and oxygen atoms in total. The van der Waals surface area contributed by atoms with Crippen LogP contribution in [0.15, 0.2) is 27.9 Å². The number of aliphatic carboxylic acids is 1. The molecular formula is C15H20N4O5S. The number of carboxylic acid groups (broad SMARTS) is 1. The van der Waals surface area contributed by atoms with Gasteiger partial charge >= 0.3 is 11.7 Å². The maximum absolute atomic E-state index is 12.5. The fraction of sp³-hybridized carbons (Fsp3) is 0.467. The molecule has 2 aromatic rings. The van der Waals surface area contributed by atoms with Gasteiger partial charge in [-0.05, 0) is 37.6 Å². The molecule has 1 aromatic carbocycles. The first-order chi connectivity index (χ1) is 11.8. The number of aromatic nitrogens is 2. The van der Waals surface area contributed by atoms with Crippen molar-refractivity contribution in [1.82, 2.24) is 19.6 Å². The lowest BCUT2D eigenvalue weighted by atomic mass is 9.86. The van der Waals surface area contributed by atoms with Crippen LogP contribution in [-0.2, 0) is 14.8 Å². The fourth-order valence-electron chi connectivity index (χ4n) is 3.12. The maximum Gasteiger partial charge on any atom is 0.323 e. The van der Waals surface area contributed by atoms with E-state index in [9.17, 15) is 18.0 Å². The van der Waals surface area contributed by atoms with Gasteiger partial charge < -0.3 is 15.1 Å². The van der Waals surface area contributed by atoms with E-state index >= 15 is 0 Å². The number of aromatic amines is 2. The van der Waals surface area contributed by atoms with Gasteiger partial charge in [0.05, 0.1) is 22.5 Å². The minimum atomic E-state index is -3.70. The summed E-state index contributed by atoms with van der Waals surface area (Å²) in [7, 11) is -3.70. The number of carbonyl (C=O) groups is 1. The van der Waals surface area contributed by atoms with Gasteiger partial charge in [0.25, 0.3) is 0 Å². The van der Waals surface area contributed by atoms with Gasteiger partial charge in [0.15, 0.2) is 0 Å². The molecule has 1 heterocycles. The molecule has 1 aliphatic carbocycles. The normalized spacial score (nSPS) is 20.7. The van der Waals surface area contributed by atoms with Crippen LogP contribution in [0.5, 0.6) is 0 Å². The number of nitrogens with one attached hydrogen (secondary N) is 3. The Morgan fingerprint density at radius 1 is 1.32 bits per heavy atom. The predicted octanol–water partition coefficient (Wildman–Crippen LogP) is 0.0720. The van der Waals surface area contributed by atoms with E-state index in [1.807, 2.05) is 11.8 Å². The molecule has 0 aliphatic heterocycles. The van der Waals surface area contributed by atoms with Gasteiger partial charge in [0.1, 0.15) is 0 Å². The number of hydrogen-bond donors (Lipinski definition) is 4. The van der Waals surface area contributed by atoms with Gasteiger partial charge in [-0.15, -0.1) is 0 Å². The van der Waals surface area contributed by atoms with Crippen molar-refractivity contribution in [2.75, 3.05) is 13.1 Å². The van der Waals surface area contributed by atoms with E-state index in [0.717, 1.165) is 0 Å². The van der Waals surface area contributed by atoms with Crippen LogP contribution in [0.2, 0.25) is 0 Å². The highest BCUT2D eigenvalue weighted by Gasteiger charge is 2.36. The minimum absolute atomic E-state index is 0.0435. The van der Waals surface area contributed by atoms with Crippen LogP contribution in [0.3, 0.4) is 0 Å². The Labute approximate surface area is 144 Å². The summed E-state index contributed by atoms with van der Waals surface area (Å²) < 4.78 is 27.6. The second-order valence-corrected chi connectivity index (χ2v) is 7.90. The lowest BCUT2D eigenvalue weighted by Gasteiger charge is -2.42. The number of carboxylic acids is 1. The number of fused-ring (bicyclic) bond motifs is 1. The lowest BCUT2D eigenvalue weighted by Crippen LogP contribution is -2.54. The van der Waals surface area contributed by atoms with E-state index in [0.29, 0.717) is 30.4 Å². The smallest absolute Gasteiger partial charge is 0.323 e. The second kappa shape index (κ2) is 6.62. The summed E-state index contributed by atoms with van der Waals surface area (Å²) in [5.74, 6) is -0.889. The van der Waals surface area contributed by atoms with Gasteiger partial charge in [-0.2, -0.15) is 0 Å². The quantitative estimate of drug-likeness (QED) is 0.546. The third-order valence-electron chi connectivity index (χ3n) is 4.49. The Hall–Kier alpha value is -2.17. The van der Waals surface area contributed by atoms with Crippen molar-refractivity contribution in [3.05, 3.63) is 28.7 Å². The molecule has 0 unspecified atom stereocenters. The highest BCUT2D eigenvalue weighted by atomic mass is 32.2. The van der Waals surface area contributed by atoms with Crippen molar-refractivity contribution in [3.63, 3.8) is 0 Å². The standard InChI is InChI=1S/C15H20N4O5S/c1-2-19(8-14(20)21)10-5-9(6-10)18-25(23,24)11-3-4-12-13(7-11)17-15(22)16-12/h3-4,7,9-10,18H,2,5-6,8H2,1H3,(H,20,21)(H2,16,17,22). The highest BCUT2D eigenvalue weighted by molar-refractivity contribution is 7.89. The van der Waals surface area contributed by atoms with Crippen LogP contribution in [0, 0.1) is 0 Å². The Kier molecular flexibility index (Phi) is 4.67. The van der Waals surface area contributed by atoms with Gasteiger partial charge in [-0.1, -0.05) is 6.92 Å². The van der Waals surface area contributed by atoms with Crippen LogP contribution >= 0.6 is 0 Å². The average molecular weight is 368 g/mol. The van der Waals surface area contributed by atoms with Gasteiger partial charge in [0.2, 0.25) is 10.0 Å². The zero-order valence-electron chi connectivity index (χ0n) is 13.7. The van der Waals surface area contributed by atoms with Crippen LogP contribution < -0.4 is 10.4 Å². The first-order valence-corrected chi connectivity index (χ1v) is 9.47. The number of nitrogens with zero attached hydrogens (tertiary/aromatic N) is 1. The molecule has 1 aromatic heterocycles. The number of rotatable bonds is 7. The van der Waals surface area contributed by atoms with E-state index in [4.69, 9.17) is 5.11 Å². The third-order valence-corrected chi connectivity index (χ3v) is 6.01. The molecule has 1 fully saturated rings. The first-order valence-electron chi connectivity index (χ1n) is 7.98. The highest BCUT2D eigenvalue weighted by Crippen LogP contribution is 2.27. The number of likely N-dealkylation sites (N-methyl/N-ethyl adjacent to an activating group) is 1. The van der Waals surface area contributed by atoms with Gasteiger partial charge in [-0.3, -0.25) is 9.69 Å². The molecule has 136 valence electrons. The van der Waals surface area contributed by atoms with Gasteiger partial charge in [-0.25, -0.2) is 17.9 Å². The molecular weight excluding hydrogens is 348 g/mol. The first kappa shape index (κ1) is 17.6. The van der Waals surface area contributed by atoms with E-state index in [1.165, 1.54) is 18.2 Å². The van der Waals surface area contributed by atoms with Crippen molar-refractivity contribution >= 4 is 27.0 Å². The molecule has 0 spiro atoms. The topological polar surface area (TPSA) is 135 Å². The zero-order valence-corrected chi connectivity index (χ0v) is 14.5. The molecule has 1 aliphatic rings. The molecule has 0 saturated heterocycles. The monoisotopic (exact) mass is 368 g/mol. The summed E-state index contributed by atoms with van der Waals surface area (Å²) in [4.78, 5) is 29.1. The van der Waals surface area contributed by atoms with Crippen molar-refractivity contribution < 1.29 is 18.3 Å². The lowest BCUT2D eigenvalue weighted by molar-refractivity contribution is -0.139. The van der Waals surface area contributed by atoms with Crippen molar-refractivity contribution in [2.24, 2.45) is 0 Å². The fourth-order valence-corrected chi connectivity index (χ4v) is 4.41. The van der Waals surface area contributed by atoms with E-state index in [1.54, 1.807) is 0 Å². The van der Waals surface area contributed by atoms with Crippen molar-refractivity contribution in [2.45, 2.75) is 36.7 Å². The molecule has 0 amide bonds. The van der Waals surface area contributed by atoms with E-state index < -0.39 is 21.7 Å². The second-order valence-electron chi connectivity index (χ2n) is 6.19. The molecule has 25 heavy (non-hydrogen) atoms. The number of benzene rings is 1. The molecule has 0 atom stereocenters. The Balaban J connectivity index is 1.66. The predicted molar refractivity (Wildman–Crippen MR) is 90.9 cm³/mol. The Morgan fingerprint density at radius 2 is 2.00 bits per heavy atom. The molecule has 4 N–H and O–H groups in total. The molecule has 0 bridgehead atoms. The third kappa shape index (κ3) is 3.75. The number of sulfonamides is 1. The van der Waals surface area contributed by atoms with Gasteiger partial charge in [0, 0.05) is 12.1 Å². The summed E-state index contributed by atoms with van der Waals surface area (Å²) in [6.45, 7) is 2.44. The van der Waals surface area contributed by atoms with Crippen LogP contribution in [0.1, 0.15) is 19.8 Å². The number of hydrogen-bond acceptors (Lipinski definition) is 5. The summed E-state index contributed by atoms with van der Waals surface area (Å²) >= 11 is 0. The van der Waals surface area contributed by atoms with Crippen LogP contribution in [0.25, 0.3) is 11.0 Å². The summed E-state index contributed by atoms with van der Waals surface area (Å²) in [5.41, 5.74) is 0.579. The summed E-state index contributed by atoms with van der Waals surface area (Å²) in [6, 6.07) is 4.23. The maximum atomic E-state index is 12.5. The van der Waals surface area contributed by atoms with E-state index in [2.05, 4.69) is 14.7 Å². The molecule has 3 rings (SSSR count). The summed E-state index contributed by atoms with van der Waals surface area (Å²) in [6.07, 6.45) is 1.15. The molecule has 1 saturated carbocycles. The van der Waals surface area contributed by atoms with Crippen LogP contribution in [0.4, 0.5) is 0 Å². The van der Waals surface area contributed by atoms with Crippen LogP contribution in [-0.4, -0.2) is 59.5 Å². The molecule has 0 radical (unpaired) electrons. The Bertz CT molecular complexity index is 942. The Morgan fingerprint density at radius 3 is 2.64 bits per heavy atom. The number of imidazole rings is 1. The zero-order chi connectivity index (χ0) is 18.2. The summed E-state index contributed by atoms with van der Waals surface area (Å²) in [5, 5.41) is 8.89. The minimum Gasteiger partial charge on any atom is -0.480 e. The average Bonchev–Trinajstić information content (AvgIpc) is 2.87. The van der Waals surface area contributed by atoms with Crippen molar-refractivity contribution in [3.8, 4) is 0 Å². The molecule has 10 heteroatoms. The van der Waals surface area contributed by atoms with E-state index in [-0.39, 0.29) is 23.5 Å². The number of H-pyrrole nitrogens is 2. The SMILES string of the molecule is CCN(CC(=O)O)C1CC(NS(=O)(=O)c2ccc3[nH]c(=O)[nH]c3c2)C1.